The fraction of sp³-hybridized carbons (Fsp3) is 0.450. The van der Waals surface area contributed by atoms with Crippen molar-refractivity contribution in [2.45, 2.75) is 59.7 Å². The van der Waals surface area contributed by atoms with Crippen molar-refractivity contribution in [1.82, 2.24) is 0 Å². The van der Waals surface area contributed by atoms with E-state index in [4.69, 9.17) is 0 Å². The summed E-state index contributed by atoms with van der Waals surface area (Å²) in [4.78, 5) is 0. The SMILES string of the molecule is Cc1cc(C)c(C(C)(C)[c-]2ccc([Si](C)(C)C)c2)cc1C.[Cl-].[Cl-].[Cl-].[Cl-].[Ti+4]. The topological polar surface area (TPSA) is 0 Å². The average molecular weight is 487 g/mol. The number of halogens is 4. The Labute approximate surface area is 201 Å². The maximum Gasteiger partial charge on any atom is 4.00 e. The maximum atomic E-state index is 2.45. The van der Waals surface area contributed by atoms with Crippen LogP contribution in [0.15, 0.2) is 30.3 Å². The van der Waals surface area contributed by atoms with Gasteiger partial charge >= 0.3 is 21.7 Å². The first-order chi connectivity index (χ1) is 9.53. The number of aryl methyl sites for hydroxylation is 3. The number of benzene rings is 1. The molecule has 0 radical (unpaired) electrons. The first kappa shape index (κ1) is 34.2. The predicted molar refractivity (Wildman–Crippen MR) is 97.8 cm³/mol. The van der Waals surface area contributed by atoms with E-state index in [1.807, 2.05) is 0 Å². The van der Waals surface area contributed by atoms with Crippen molar-refractivity contribution in [3.05, 3.63) is 58.1 Å². The summed E-state index contributed by atoms with van der Waals surface area (Å²) in [5, 5.41) is 1.56. The molecular weight excluding hydrogens is 458 g/mol. The second-order valence-corrected chi connectivity index (χ2v) is 13.1. The van der Waals surface area contributed by atoms with Crippen molar-refractivity contribution in [2.24, 2.45) is 0 Å². The molecule has 0 bridgehead atoms. The molecule has 0 amide bonds. The van der Waals surface area contributed by atoms with Crippen LogP contribution in [0.4, 0.5) is 0 Å². The third-order valence-corrected chi connectivity index (χ3v) is 6.90. The molecule has 0 saturated heterocycles. The number of rotatable bonds is 3. The smallest absolute Gasteiger partial charge is 1.00 e. The predicted octanol–water partition coefficient (Wildman–Crippen LogP) is -6.78. The van der Waals surface area contributed by atoms with Gasteiger partial charge in [0.15, 0.2) is 0 Å². The summed E-state index contributed by atoms with van der Waals surface area (Å²) >= 11 is 0. The summed E-state index contributed by atoms with van der Waals surface area (Å²) in [6.07, 6.45) is 0. The molecule has 2 aromatic carbocycles. The van der Waals surface area contributed by atoms with Gasteiger partial charge in [0.2, 0.25) is 0 Å². The monoisotopic (exact) mass is 485 g/mol. The Morgan fingerprint density at radius 2 is 1.27 bits per heavy atom. The van der Waals surface area contributed by atoms with Crippen LogP contribution >= 0.6 is 0 Å². The zero-order valence-corrected chi connectivity index (χ0v) is 22.5. The molecule has 0 aliphatic carbocycles. The molecule has 0 saturated carbocycles. The van der Waals surface area contributed by atoms with Crippen molar-refractivity contribution < 1.29 is 71.3 Å². The van der Waals surface area contributed by atoms with Crippen LogP contribution in [0, 0.1) is 20.8 Å². The van der Waals surface area contributed by atoms with Crippen molar-refractivity contribution in [3.63, 3.8) is 0 Å². The van der Waals surface area contributed by atoms with E-state index in [1.54, 1.807) is 5.19 Å². The zero-order chi connectivity index (χ0) is 16.0. The summed E-state index contributed by atoms with van der Waals surface area (Å²) in [5.41, 5.74) is 7.15. The van der Waals surface area contributed by atoms with Crippen LogP contribution in [0.25, 0.3) is 0 Å². The first-order valence-electron chi connectivity index (χ1n) is 7.89. The summed E-state index contributed by atoms with van der Waals surface area (Å²) in [5.74, 6) is 0. The summed E-state index contributed by atoms with van der Waals surface area (Å²) in [7, 11) is -1.23. The first-order valence-corrected chi connectivity index (χ1v) is 11.4. The second kappa shape index (κ2) is 12.3. The van der Waals surface area contributed by atoms with Crippen LogP contribution in [0.1, 0.15) is 41.7 Å². The Hall–Kier alpha value is 0.661. The molecule has 0 spiro atoms. The van der Waals surface area contributed by atoms with E-state index in [0.717, 1.165) is 0 Å². The van der Waals surface area contributed by atoms with Gasteiger partial charge in [-0.1, -0.05) is 45.6 Å². The maximum absolute atomic E-state index is 2.45. The summed E-state index contributed by atoms with van der Waals surface area (Å²) < 4.78 is 0. The van der Waals surface area contributed by atoms with Gasteiger partial charge in [0.1, 0.15) is 0 Å². The van der Waals surface area contributed by atoms with E-state index in [-0.39, 0.29) is 76.8 Å². The molecule has 0 aliphatic heterocycles. The fourth-order valence-electron chi connectivity index (χ4n) is 3.09. The standard InChI is InChI=1S/C20H29Si.4ClH.Ti/c1-14-11-16(3)19(12-15(14)2)20(4,5)17-9-10-18(13-17)21(6,7)8;;;;;/h9-13H,1-8H3;4*1H;/q-1;;;;;+4/p-4. The molecule has 2 aromatic rings. The summed E-state index contributed by atoms with van der Waals surface area (Å²) in [6, 6.07) is 11.8. The van der Waals surface area contributed by atoms with Crippen LogP contribution in [-0.4, -0.2) is 8.07 Å². The van der Waals surface area contributed by atoms with Crippen molar-refractivity contribution in [1.29, 1.82) is 0 Å². The molecular formula is C20H29Cl4SiTi-. The molecule has 0 N–H and O–H groups in total. The molecule has 0 aromatic heterocycles. The molecule has 0 nitrogen and oxygen atoms in total. The quantitative estimate of drug-likeness (QED) is 0.299. The second-order valence-electron chi connectivity index (χ2n) is 8.01. The van der Waals surface area contributed by atoms with Crippen LogP contribution in [0.5, 0.6) is 0 Å². The Bertz CT molecular complexity index is 673. The normalized spacial score (nSPS) is 10.3. The van der Waals surface area contributed by atoms with E-state index in [0.29, 0.717) is 0 Å². The van der Waals surface area contributed by atoms with Crippen LogP contribution in [0.2, 0.25) is 19.6 Å². The van der Waals surface area contributed by atoms with E-state index in [2.05, 4.69) is 84.6 Å². The van der Waals surface area contributed by atoms with E-state index in [1.165, 1.54) is 27.8 Å². The van der Waals surface area contributed by atoms with E-state index in [9.17, 15) is 0 Å². The van der Waals surface area contributed by atoms with Gasteiger partial charge in [-0.2, -0.15) is 12.1 Å². The van der Waals surface area contributed by atoms with Gasteiger partial charge in [-0.3, -0.25) is 0 Å². The molecule has 0 aliphatic rings. The molecule has 0 heterocycles. The minimum absolute atomic E-state index is 0. The summed E-state index contributed by atoms with van der Waals surface area (Å²) in [6.45, 7) is 18.6. The molecule has 0 unspecified atom stereocenters. The molecule has 2 rings (SSSR count). The molecule has 26 heavy (non-hydrogen) atoms. The Morgan fingerprint density at radius 3 is 1.69 bits per heavy atom. The zero-order valence-electron chi connectivity index (χ0n) is 16.9. The van der Waals surface area contributed by atoms with Crippen molar-refractivity contribution >= 4 is 13.3 Å². The van der Waals surface area contributed by atoms with Crippen LogP contribution in [-0.2, 0) is 27.1 Å². The Balaban J connectivity index is -0.000000484. The molecule has 6 heteroatoms. The fourth-order valence-corrected chi connectivity index (χ4v) is 4.26. The van der Waals surface area contributed by atoms with Gasteiger partial charge in [0.05, 0.1) is 0 Å². The van der Waals surface area contributed by atoms with E-state index < -0.39 is 8.07 Å². The van der Waals surface area contributed by atoms with Gasteiger partial charge < -0.3 is 49.6 Å². The number of hydrogen-bond acceptors (Lipinski definition) is 0. The molecule has 0 atom stereocenters. The van der Waals surface area contributed by atoms with Crippen LogP contribution < -0.4 is 54.8 Å². The van der Waals surface area contributed by atoms with E-state index >= 15 is 0 Å². The molecule has 0 fully saturated rings. The van der Waals surface area contributed by atoms with Crippen LogP contribution in [0.3, 0.4) is 0 Å². The minimum atomic E-state index is -1.23. The third kappa shape index (κ3) is 7.24. The number of hydrogen-bond donors (Lipinski definition) is 0. The van der Waals surface area contributed by atoms with Gasteiger partial charge in [0, 0.05) is 8.07 Å². The molecule has 146 valence electrons. The third-order valence-electron chi connectivity index (χ3n) is 4.86. The van der Waals surface area contributed by atoms with Crippen molar-refractivity contribution in [3.8, 4) is 0 Å². The van der Waals surface area contributed by atoms with Gasteiger partial charge in [-0.15, -0.1) is 5.56 Å². The van der Waals surface area contributed by atoms with Gasteiger partial charge in [-0.05, 0) is 48.4 Å². The average Bonchev–Trinajstić information content (AvgIpc) is 2.83. The largest absolute Gasteiger partial charge is 4.00 e. The van der Waals surface area contributed by atoms with Gasteiger partial charge in [0.25, 0.3) is 0 Å². The van der Waals surface area contributed by atoms with Gasteiger partial charge in [-0.25, -0.2) is 11.3 Å². The Morgan fingerprint density at radius 1 is 0.808 bits per heavy atom. The van der Waals surface area contributed by atoms with Crippen molar-refractivity contribution in [2.75, 3.05) is 0 Å². The Kier molecular flexibility index (Phi) is 16.1. The minimum Gasteiger partial charge on any atom is -1.00 e.